The molecule has 1 radical (unpaired) electrons. The van der Waals surface area contributed by atoms with E-state index in [1.807, 2.05) is 13.8 Å². The van der Waals surface area contributed by atoms with Crippen LogP contribution in [-0.2, 0) is 37.6 Å². The Morgan fingerprint density at radius 3 is 1.40 bits per heavy atom. The maximum absolute atomic E-state index is 5.68. The summed E-state index contributed by atoms with van der Waals surface area (Å²) in [4.78, 5) is 0. The van der Waals surface area contributed by atoms with E-state index < -0.39 is 0 Å². The second-order valence-electron chi connectivity index (χ2n) is 0.856. The van der Waals surface area contributed by atoms with Gasteiger partial charge in [0.2, 0.25) is 0 Å². The van der Waals surface area contributed by atoms with Gasteiger partial charge in [-0.05, 0) is 0 Å². The fraction of sp³-hybridized carbons (Fsp3) is 0.833. The van der Waals surface area contributed by atoms with Crippen LogP contribution in [0.2, 0.25) is 0 Å². The van der Waals surface area contributed by atoms with Crippen molar-refractivity contribution >= 4 is 0 Å². The third-order valence-electron chi connectivity index (χ3n) is 0.447. The number of nitrogens with one attached hydrogen (secondary N) is 1. The molecule has 0 atom stereocenters. The summed E-state index contributed by atoms with van der Waals surface area (Å²) in [7, 11) is 0. The summed E-state index contributed by atoms with van der Waals surface area (Å²) in [6.45, 7) is 11.0. The van der Waals surface area contributed by atoms with E-state index >= 15 is 0 Å². The molecule has 0 aromatic heterocycles. The molecule has 1 N–H and O–H groups in total. The summed E-state index contributed by atoms with van der Waals surface area (Å²) in [5.41, 5.74) is 0. The van der Waals surface area contributed by atoms with Crippen molar-refractivity contribution in [3.63, 3.8) is 0 Å². The van der Waals surface area contributed by atoms with Gasteiger partial charge in [0, 0.05) is 0 Å². The van der Waals surface area contributed by atoms with E-state index in [0.29, 0.717) is 0 Å². The van der Waals surface area contributed by atoms with E-state index in [-0.39, 0.29) is 19.5 Å². The van der Waals surface area contributed by atoms with Crippen LogP contribution in [0.4, 0.5) is 0 Å². The molecular formula is C6H16N2Ru2. The molecule has 0 aromatic carbocycles. The van der Waals surface area contributed by atoms with Crippen molar-refractivity contribution in [2.24, 2.45) is 0 Å². The Kier molecular flexibility index (Phi) is 114. The van der Waals surface area contributed by atoms with Crippen LogP contribution in [-0.4, -0.2) is 13.1 Å². The van der Waals surface area contributed by atoms with Crippen LogP contribution in [0.5, 0.6) is 0 Å². The monoisotopic (exact) mass is 320 g/mol. The van der Waals surface area contributed by atoms with Gasteiger partial charge in [-0.15, -0.1) is 0 Å². The molecule has 10 heavy (non-hydrogen) atoms. The van der Waals surface area contributed by atoms with Crippen LogP contribution in [0.25, 0.3) is 5.32 Å². The van der Waals surface area contributed by atoms with Gasteiger partial charge in [-0.2, -0.15) is 20.0 Å². The molecule has 0 saturated carbocycles. The van der Waals surface area contributed by atoms with Gasteiger partial charge < -0.3 is 12.2 Å². The zero-order valence-corrected chi connectivity index (χ0v) is 10.3. The van der Waals surface area contributed by atoms with Gasteiger partial charge in [-0.3, -0.25) is 0 Å². The topological polar surface area (TPSA) is 38.0 Å². The molecule has 0 bridgehead atoms. The van der Waals surface area contributed by atoms with Crippen LogP contribution < -0.4 is 0 Å². The van der Waals surface area contributed by atoms with Crippen LogP contribution in [0.3, 0.4) is 0 Å². The molecule has 4 heteroatoms. The molecular weight excluding hydrogens is 302 g/mol. The zero-order valence-electron chi connectivity index (χ0n) is 6.78. The summed E-state index contributed by atoms with van der Waals surface area (Å²) in [5, 5.41) is 3.97. The van der Waals surface area contributed by atoms with Gasteiger partial charge >= 0.3 is 41.7 Å². The van der Waals surface area contributed by atoms with E-state index in [1.54, 1.807) is 25.0 Å². The largest absolute Gasteiger partial charge is 1.00 e. The van der Waals surface area contributed by atoms with Gasteiger partial charge in [0.15, 0.2) is 0 Å². The van der Waals surface area contributed by atoms with E-state index in [4.69, 9.17) is 4.10 Å². The maximum atomic E-state index is 5.68. The average molecular weight is 318 g/mol. The molecule has 0 fully saturated rings. The predicted octanol–water partition coefficient (Wildman–Crippen LogP) is 2.53. The van der Waals surface area contributed by atoms with Crippen molar-refractivity contribution in [1.29, 1.82) is 4.10 Å². The molecule has 0 rings (SSSR count). The first-order valence-electron chi connectivity index (χ1n) is 2.93. The Balaban J connectivity index is -0.0000000315. The molecule has 0 aromatic rings. The number of nitrogens with zero attached hydrogens (tertiary/aromatic N) is 1. The van der Waals surface area contributed by atoms with Gasteiger partial charge in [0.1, 0.15) is 0 Å². The van der Waals surface area contributed by atoms with E-state index in [1.165, 1.54) is 0 Å². The van der Waals surface area contributed by atoms with E-state index in [9.17, 15) is 0 Å². The minimum Gasteiger partial charge on any atom is 1.00 e. The second-order valence-corrected chi connectivity index (χ2v) is 0.856. The van der Waals surface area contributed by atoms with Gasteiger partial charge in [0.25, 0.3) is 0 Å². The maximum Gasteiger partial charge on any atom is 1.00 e. The fourth-order valence-electron chi connectivity index (χ4n) is 0.224. The normalized spacial score (nSPS) is 5.20. The fourth-order valence-corrected chi connectivity index (χ4v) is 0.224. The quantitative estimate of drug-likeness (QED) is 0.600. The van der Waals surface area contributed by atoms with Crippen molar-refractivity contribution in [2.75, 3.05) is 13.1 Å². The van der Waals surface area contributed by atoms with Crippen molar-refractivity contribution < 1.29 is 37.6 Å². The number of rotatable bonds is 2. The SMILES string of the molecule is CC[N-]CC.[CH2-]C.[NH]=[Ru+].[Ru+]. The summed E-state index contributed by atoms with van der Waals surface area (Å²) in [6.07, 6.45) is 0. The second kappa shape index (κ2) is 50.6. The molecule has 0 amide bonds. The Morgan fingerprint density at radius 1 is 1.20 bits per heavy atom. The van der Waals surface area contributed by atoms with Crippen LogP contribution in [0.15, 0.2) is 0 Å². The van der Waals surface area contributed by atoms with Crippen LogP contribution in [0, 0.1) is 11.0 Å². The molecule has 0 aliphatic heterocycles. The molecule has 0 aliphatic rings. The van der Waals surface area contributed by atoms with Crippen molar-refractivity contribution in [1.82, 2.24) is 0 Å². The van der Waals surface area contributed by atoms with Gasteiger partial charge in [-0.25, -0.2) is 0 Å². The van der Waals surface area contributed by atoms with Gasteiger partial charge in [-0.1, -0.05) is 13.8 Å². The molecule has 0 saturated heterocycles. The van der Waals surface area contributed by atoms with E-state index in [0.717, 1.165) is 13.1 Å². The number of hydrogen-bond donors (Lipinski definition) is 1. The molecule has 0 unspecified atom stereocenters. The molecule has 0 heterocycles. The molecule has 0 spiro atoms. The minimum atomic E-state index is 0. The first kappa shape index (κ1) is 22.4. The van der Waals surface area contributed by atoms with Crippen molar-refractivity contribution in [3.05, 3.63) is 12.2 Å². The van der Waals surface area contributed by atoms with Crippen molar-refractivity contribution in [3.8, 4) is 0 Å². The summed E-state index contributed by atoms with van der Waals surface area (Å²) < 4.78 is 5.68. The standard InChI is InChI=1S/C4H10N.C2H5.HN.2Ru/c1-3-5-4-2;1-2;;;/h3-4H2,1-2H3;1H2,2H3;1H;;/q2*-1;;2*+1. The third kappa shape index (κ3) is 63.9. The summed E-state index contributed by atoms with van der Waals surface area (Å²) >= 11 is 1.60. The van der Waals surface area contributed by atoms with E-state index in [2.05, 4.69) is 12.2 Å². The minimum absolute atomic E-state index is 0. The van der Waals surface area contributed by atoms with Crippen molar-refractivity contribution in [2.45, 2.75) is 20.8 Å². The first-order valence-corrected chi connectivity index (χ1v) is 3.80. The first-order chi connectivity index (χ1) is 4.41. The average Bonchev–Trinajstić information content (AvgIpc) is 1.98. The third-order valence-corrected chi connectivity index (χ3v) is 0.447. The van der Waals surface area contributed by atoms with Crippen LogP contribution in [0.1, 0.15) is 20.8 Å². The zero-order chi connectivity index (χ0) is 8.12. The molecule has 2 nitrogen and oxygen atoms in total. The molecule has 0 aliphatic carbocycles. The summed E-state index contributed by atoms with van der Waals surface area (Å²) in [6, 6.07) is 0. The Labute approximate surface area is 87.6 Å². The van der Waals surface area contributed by atoms with Gasteiger partial charge in [0.05, 0.1) is 0 Å². The Hall–Kier alpha value is 1.01. The predicted molar refractivity (Wildman–Crippen MR) is 38.2 cm³/mol. The summed E-state index contributed by atoms with van der Waals surface area (Å²) in [5.74, 6) is 0. The Bertz CT molecular complexity index is 27.7. The van der Waals surface area contributed by atoms with Crippen LogP contribution >= 0.6 is 0 Å². The smallest absolute Gasteiger partial charge is 1.00 e. The number of hydrogen-bond acceptors (Lipinski definition) is 1. The molecule has 66 valence electrons. The Morgan fingerprint density at radius 2 is 1.40 bits per heavy atom.